The lowest BCUT2D eigenvalue weighted by Crippen LogP contribution is -2.29. The maximum absolute atomic E-state index is 13.2. The van der Waals surface area contributed by atoms with Crippen LogP contribution >= 0.6 is 0 Å². The minimum atomic E-state index is -0.00232. The van der Waals surface area contributed by atoms with E-state index in [4.69, 9.17) is 4.42 Å². The molecule has 2 heterocycles. The number of phenols is 1. The van der Waals surface area contributed by atoms with Gasteiger partial charge in [-0.1, -0.05) is 43.7 Å². The molecule has 0 radical (unpaired) electrons. The molecule has 1 aromatic heterocycles. The monoisotopic (exact) mass is 363 g/mol. The van der Waals surface area contributed by atoms with E-state index < -0.39 is 0 Å². The highest BCUT2D eigenvalue weighted by Crippen LogP contribution is 2.32. The van der Waals surface area contributed by atoms with Crippen LogP contribution in [0.15, 0.2) is 51.7 Å². The van der Waals surface area contributed by atoms with Gasteiger partial charge in [0.15, 0.2) is 5.43 Å². The second kappa shape index (κ2) is 7.57. The summed E-state index contributed by atoms with van der Waals surface area (Å²) in [4.78, 5) is 15.5. The van der Waals surface area contributed by atoms with Crippen molar-refractivity contribution < 1.29 is 9.52 Å². The molecular formula is C23H25NO3. The summed E-state index contributed by atoms with van der Waals surface area (Å²) in [6, 6.07) is 13.0. The van der Waals surface area contributed by atoms with Crippen LogP contribution in [0, 0.1) is 0 Å². The summed E-state index contributed by atoms with van der Waals surface area (Å²) in [6.45, 7) is 4.60. The van der Waals surface area contributed by atoms with Gasteiger partial charge in [-0.05, 0) is 44.5 Å². The normalized spacial score (nSPS) is 15.3. The minimum absolute atomic E-state index is 0.00232. The molecule has 0 saturated carbocycles. The number of rotatable bonds is 4. The van der Waals surface area contributed by atoms with E-state index in [9.17, 15) is 9.90 Å². The zero-order valence-corrected chi connectivity index (χ0v) is 15.7. The molecule has 0 unspecified atom stereocenters. The van der Waals surface area contributed by atoms with E-state index in [0.29, 0.717) is 40.8 Å². The minimum Gasteiger partial charge on any atom is -0.507 e. The third kappa shape index (κ3) is 3.37. The zero-order valence-electron chi connectivity index (χ0n) is 15.7. The average molecular weight is 363 g/mol. The number of likely N-dealkylation sites (tertiary alicyclic amines) is 1. The molecular weight excluding hydrogens is 338 g/mol. The second-order valence-corrected chi connectivity index (χ2v) is 7.24. The molecule has 0 spiro atoms. The molecule has 0 aliphatic carbocycles. The summed E-state index contributed by atoms with van der Waals surface area (Å²) in [5.74, 6) is 0.806. The van der Waals surface area contributed by atoms with Crippen molar-refractivity contribution in [2.75, 3.05) is 13.1 Å². The third-order valence-electron chi connectivity index (χ3n) is 5.45. The van der Waals surface area contributed by atoms with Crippen molar-refractivity contribution in [1.82, 2.24) is 4.90 Å². The molecule has 4 heteroatoms. The van der Waals surface area contributed by atoms with Gasteiger partial charge in [0.2, 0.25) is 0 Å². The molecule has 1 N–H and O–H groups in total. The summed E-state index contributed by atoms with van der Waals surface area (Å²) >= 11 is 0. The summed E-state index contributed by atoms with van der Waals surface area (Å²) < 4.78 is 6.32. The average Bonchev–Trinajstić information content (AvgIpc) is 2.71. The van der Waals surface area contributed by atoms with Crippen LogP contribution in [0.1, 0.15) is 37.3 Å². The van der Waals surface area contributed by atoms with Gasteiger partial charge in [0, 0.05) is 17.7 Å². The maximum Gasteiger partial charge on any atom is 0.196 e. The molecule has 3 aromatic rings. The van der Waals surface area contributed by atoms with Gasteiger partial charge >= 0.3 is 0 Å². The number of hydrogen-bond acceptors (Lipinski definition) is 4. The SMILES string of the molecule is CCc1c(-c2ccccc2)oc2c(CN3CCCCC3)c(O)ccc2c1=O. The Bertz CT molecular complexity index is 1000. The van der Waals surface area contributed by atoms with E-state index in [1.54, 1.807) is 12.1 Å². The van der Waals surface area contributed by atoms with Gasteiger partial charge in [-0.2, -0.15) is 0 Å². The van der Waals surface area contributed by atoms with E-state index in [1.165, 1.54) is 19.3 Å². The number of hydrogen-bond donors (Lipinski definition) is 1. The van der Waals surface area contributed by atoms with E-state index in [2.05, 4.69) is 4.90 Å². The van der Waals surface area contributed by atoms with Crippen LogP contribution in [-0.2, 0) is 13.0 Å². The van der Waals surface area contributed by atoms with Crippen LogP contribution in [0.25, 0.3) is 22.3 Å². The molecule has 0 bridgehead atoms. The Morgan fingerprint density at radius 2 is 1.74 bits per heavy atom. The third-order valence-corrected chi connectivity index (χ3v) is 5.45. The smallest absolute Gasteiger partial charge is 0.196 e. The molecule has 4 nitrogen and oxygen atoms in total. The van der Waals surface area contributed by atoms with Crippen molar-refractivity contribution in [2.24, 2.45) is 0 Å². The van der Waals surface area contributed by atoms with E-state index in [-0.39, 0.29) is 11.2 Å². The number of fused-ring (bicyclic) bond motifs is 1. The van der Waals surface area contributed by atoms with Crippen molar-refractivity contribution in [3.8, 4) is 17.1 Å². The fourth-order valence-electron chi connectivity index (χ4n) is 3.98. The van der Waals surface area contributed by atoms with Crippen molar-refractivity contribution in [3.05, 3.63) is 63.8 Å². The first kappa shape index (κ1) is 17.8. The molecule has 1 saturated heterocycles. The van der Waals surface area contributed by atoms with Gasteiger partial charge in [0.1, 0.15) is 17.1 Å². The fourth-order valence-corrected chi connectivity index (χ4v) is 3.98. The molecule has 1 aliphatic heterocycles. The van der Waals surface area contributed by atoms with Crippen LogP contribution in [0.3, 0.4) is 0 Å². The quantitative estimate of drug-likeness (QED) is 0.729. The predicted octanol–water partition coefficient (Wildman–Crippen LogP) is 4.71. The Labute approximate surface area is 159 Å². The molecule has 2 aromatic carbocycles. The highest BCUT2D eigenvalue weighted by atomic mass is 16.3. The highest BCUT2D eigenvalue weighted by Gasteiger charge is 2.21. The summed E-state index contributed by atoms with van der Waals surface area (Å²) in [5, 5.41) is 11.1. The largest absolute Gasteiger partial charge is 0.507 e. The first-order valence-electron chi connectivity index (χ1n) is 9.77. The van der Waals surface area contributed by atoms with E-state index in [1.807, 2.05) is 37.3 Å². The van der Waals surface area contributed by atoms with Gasteiger partial charge in [-0.15, -0.1) is 0 Å². The Morgan fingerprint density at radius 3 is 2.44 bits per heavy atom. The number of piperidine rings is 1. The van der Waals surface area contributed by atoms with E-state index in [0.717, 1.165) is 18.7 Å². The first-order valence-corrected chi connectivity index (χ1v) is 9.77. The Kier molecular flexibility index (Phi) is 4.99. The highest BCUT2D eigenvalue weighted by molar-refractivity contribution is 5.85. The molecule has 27 heavy (non-hydrogen) atoms. The lowest BCUT2D eigenvalue weighted by atomic mass is 10.0. The maximum atomic E-state index is 13.2. The standard InChI is InChI=1S/C23H25NO3/c1-2-17-21(26)18-11-12-20(25)19(15-24-13-7-4-8-14-24)23(18)27-22(17)16-9-5-3-6-10-16/h3,5-6,9-12,25H,2,4,7-8,13-15H2,1H3. The van der Waals surface area contributed by atoms with Gasteiger partial charge in [0.05, 0.1) is 10.9 Å². The van der Waals surface area contributed by atoms with Crippen molar-refractivity contribution in [2.45, 2.75) is 39.2 Å². The van der Waals surface area contributed by atoms with Crippen LogP contribution in [-0.4, -0.2) is 23.1 Å². The molecule has 4 rings (SSSR count). The second-order valence-electron chi connectivity index (χ2n) is 7.24. The summed E-state index contributed by atoms with van der Waals surface area (Å²) in [7, 11) is 0. The molecule has 1 aliphatic rings. The lowest BCUT2D eigenvalue weighted by molar-refractivity contribution is 0.218. The van der Waals surface area contributed by atoms with E-state index >= 15 is 0 Å². The predicted molar refractivity (Wildman–Crippen MR) is 108 cm³/mol. The number of phenolic OH excluding ortho intramolecular Hbond substituents is 1. The Morgan fingerprint density at radius 1 is 1.00 bits per heavy atom. The molecule has 0 amide bonds. The van der Waals surface area contributed by atoms with Crippen LogP contribution in [0.2, 0.25) is 0 Å². The van der Waals surface area contributed by atoms with Crippen molar-refractivity contribution in [3.63, 3.8) is 0 Å². The van der Waals surface area contributed by atoms with Crippen LogP contribution in [0.5, 0.6) is 5.75 Å². The first-order chi connectivity index (χ1) is 13.2. The molecule has 0 atom stereocenters. The fraction of sp³-hybridized carbons (Fsp3) is 0.348. The molecule has 140 valence electrons. The Hall–Kier alpha value is -2.59. The van der Waals surface area contributed by atoms with Crippen LogP contribution < -0.4 is 5.43 Å². The summed E-state index contributed by atoms with van der Waals surface area (Å²) in [5.41, 5.74) is 2.80. The number of nitrogens with zero attached hydrogens (tertiary/aromatic N) is 1. The van der Waals surface area contributed by atoms with Crippen LogP contribution in [0.4, 0.5) is 0 Å². The van der Waals surface area contributed by atoms with Gasteiger partial charge in [-0.25, -0.2) is 0 Å². The van der Waals surface area contributed by atoms with Gasteiger partial charge in [0.25, 0.3) is 0 Å². The van der Waals surface area contributed by atoms with Crippen molar-refractivity contribution >= 4 is 11.0 Å². The lowest BCUT2D eigenvalue weighted by Gasteiger charge is -2.27. The topological polar surface area (TPSA) is 53.7 Å². The zero-order chi connectivity index (χ0) is 18.8. The molecule has 1 fully saturated rings. The van der Waals surface area contributed by atoms with Gasteiger partial charge in [-0.3, -0.25) is 9.69 Å². The number of aromatic hydroxyl groups is 1. The van der Waals surface area contributed by atoms with Crippen molar-refractivity contribution in [1.29, 1.82) is 0 Å². The summed E-state index contributed by atoms with van der Waals surface area (Å²) in [6.07, 6.45) is 4.20. The Balaban J connectivity index is 1.92. The number of benzene rings is 2. The van der Waals surface area contributed by atoms with Gasteiger partial charge < -0.3 is 9.52 Å².